The molecule has 6 heteroatoms. The van der Waals surface area contributed by atoms with Gasteiger partial charge in [-0.1, -0.05) is 12.1 Å². The molecule has 0 fully saturated rings. The van der Waals surface area contributed by atoms with Gasteiger partial charge in [-0.2, -0.15) is 0 Å². The Balaban J connectivity index is 2.42. The van der Waals surface area contributed by atoms with Crippen molar-refractivity contribution in [1.29, 1.82) is 0 Å². The summed E-state index contributed by atoms with van der Waals surface area (Å²) in [7, 11) is 0. The molecule has 3 N–H and O–H groups in total. The molecule has 17 heavy (non-hydrogen) atoms. The molecule has 0 aromatic heterocycles. The predicted molar refractivity (Wildman–Crippen MR) is 57.1 cm³/mol. The molecule has 0 aliphatic rings. The summed E-state index contributed by atoms with van der Waals surface area (Å²) in [5.41, 5.74) is 5.37. The number of hydrogen-bond donors (Lipinski definition) is 2. The van der Waals surface area contributed by atoms with Gasteiger partial charge in [-0.15, -0.1) is 0 Å². The summed E-state index contributed by atoms with van der Waals surface area (Å²) in [4.78, 5) is 11.3. The van der Waals surface area contributed by atoms with Crippen LogP contribution in [0, 0.1) is 5.82 Å². The van der Waals surface area contributed by atoms with Crippen LogP contribution in [0.1, 0.15) is 5.56 Å². The molecule has 1 rings (SSSR count). The van der Waals surface area contributed by atoms with E-state index in [0.717, 1.165) is 0 Å². The number of rotatable bonds is 5. The molecule has 0 spiro atoms. The first-order chi connectivity index (χ1) is 7.93. The quantitative estimate of drug-likeness (QED) is 0.816. The van der Waals surface area contributed by atoms with Crippen LogP contribution in [0.4, 0.5) is 13.2 Å². The van der Waals surface area contributed by atoms with Crippen LogP contribution in [-0.2, 0) is 11.2 Å². The van der Waals surface area contributed by atoms with Crippen molar-refractivity contribution in [2.75, 3.05) is 13.1 Å². The molecular weight excluding hydrogens is 233 g/mol. The minimum atomic E-state index is -3.10. The largest absolute Gasteiger partial charge is 0.350 e. The number of alkyl halides is 2. The van der Waals surface area contributed by atoms with Crippen LogP contribution in [-0.4, -0.2) is 24.9 Å². The SMILES string of the molecule is NCC(F)(F)CNC(=O)Cc1ccc(F)cc1. The number of hydrogen-bond acceptors (Lipinski definition) is 2. The Labute approximate surface area is 96.8 Å². The summed E-state index contributed by atoms with van der Waals surface area (Å²) < 4.78 is 38.0. The Morgan fingerprint density at radius 2 is 1.88 bits per heavy atom. The summed E-state index contributed by atoms with van der Waals surface area (Å²) >= 11 is 0. The second-order valence-corrected chi connectivity index (χ2v) is 3.64. The van der Waals surface area contributed by atoms with E-state index in [9.17, 15) is 18.0 Å². The average molecular weight is 246 g/mol. The van der Waals surface area contributed by atoms with Crippen molar-refractivity contribution in [3.63, 3.8) is 0 Å². The van der Waals surface area contributed by atoms with Crippen LogP contribution in [0.3, 0.4) is 0 Å². The lowest BCUT2D eigenvalue weighted by Gasteiger charge is -2.14. The van der Waals surface area contributed by atoms with Crippen molar-refractivity contribution < 1.29 is 18.0 Å². The fraction of sp³-hybridized carbons (Fsp3) is 0.364. The Hall–Kier alpha value is -1.56. The molecule has 0 heterocycles. The van der Waals surface area contributed by atoms with Gasteiger partial charge in [0.1, 0.15) is 5.82 Å². The first-order valence-electron chi connectivity index (χ1n) is 5.02. The fourth-order valence-electron chi connectivity index (χ4n) is 1.15. The standard InChI is InChI=1S/C11H13F3N2O/c12-9-3-1-8(2-4-9)5-10(17)16-7-11(13,14)6-15/h1-4H,5-7,15H2,(H,16,17). The summed E-state index contributed by atoms with van der Waals surface area (Å²) in [6.45, 7) is -1.60. The van der Waals surface area contributed by atoms with Crippen molar-refractivity contribution in [2.45, 2.75) is 12.3 Å². The lowest BCUT2D eigenvalue weighted by Crippen LogP contribution is -2.42. The van der Waals surface area contributed by atoms with E-state index in [1.54, 1.807) is 0 Å². The zero-order chi connectivity index (χ0) is 12.9. The Morgan fingerprint density at radius 3 is 2.41 bits per heavy atom. The van der Waals surface area contributed by atoms with Gasteiger partial charge in [0.05, 0.1) is 19.5 Å². The van der Waals surface area contributed by atoms with Crippen molar-refractivity contribution in [2.24, 2.45) is 5.73 Å². The van der Waals surface area contributed by atoms with Crippen molar-refractivity contribution >= 4 is 5.91 Å². The number of carbonyl (C=O) groups is 1. The predicted octanol–water partition coefficient (Wildman–Crippen LogP) is 1.08. The third kappa shape index (κ3) is 4.86. The lowest BCUT2D eigenvalue weighted by atomic mass is 10.1. The van der Waals surface area contributed by atoms with Gasteiger partial charge in [-0.25, -0.2) is 13.2 Å². The molecule has 0 bridgehead atoms. The number of nitrogens with one attached hydrogen (secondary N) is 1. The molecule has 94 valence electrons. The van der Waals surface area contributed by atoms with Crippen LogP contribution < -0.4 is 11.1 Å². The first kappa shape index (κ1) is 13.5. The maximum absolute atomic E-state index is 12.7. The molecular formula is C11H13F3N2O. The van der Waals surface area contributed by atoms with E-state index in [2.05, 4.69) is 5.32 Å². The molecule has 0 saturated carbocycles. The van der Waals surface area contributed by atoms with E-state index in [0.29, 0.717) is 5.56 Å². The van der Waals surface area contributed by atoms with Crippen LogP contribution >= 0.6 is 0 Å². The van der Waals surface area contributed by atoms with Crippen molar-refractivity contribution in [1.82, 2.24) is 5.32 Å². The number of benzene rings is 1. The van der Waals surface area contributed by atoms with Crippen LogP contribution in [0.15, 0.2) is 24.3 Å². The van der Waals surface area contributed by atoms with E-state index >= 15 is 0 Å². The second kappa shape index (κ2) is 5.67. The zero-order valence-electron chi connectivity index (χ0n) is 9.05. The molecule has 3 nitrogen and oxygen atoms in total. The van der Waals surface area contributed by atoms with E-state index in [4.69, 9.17) is 5.73 Å². The van der Waals surface area contributed by atoms with Crippen LogP contribution in [0.25, 0.3) is 0 Å². The highest BCUT2D eigenvalue weighted by molar-refractivity contribution is 5.78. The normalized spacial score (nSPS) is 11.3. The first-order valence-corrected chi connectivity index (χ1v) is 5.02. The minimum absolute atomic E-state index is 0.0685. The molecule has 1 amide bonds. The van der Waals surface area contributed by atoms with E-state index in [-0.39, 0.29) is 6.42 Å². The molecule has 1 aromatic carbocycles. The molecule has 1 aromatic rings. The van der Waals surface area contributed by atoms with Gasteiger partial charge >= 0.3 is 0 Å². The number of carbonyl (C=O) groups excluding carboxylic acids is 1. The fourth-order valence-corrected chi connectivity index (χ4v) is 1.15. The van der Waals surface area contributed by atoms with E-state index in [1.807, 2.05) is 0 Å². The highest BCUT2D eigenvalue weighted by Crippen LogP contribution is 2.09. The maximum Gasteiger partial charge on any atom is 0.277 e. The molecule has 0 saturated heterocycles. The third-order valence-corrected chi connectivity index (χ3v) is 2.12. The van der Waals surface area contributed by atoms with Gasteiger partial charge in [0.2, 0.25) is 5.91 Å². The third-order valence-electron chi connectivity index (χ3n) is 2.12. The molecule has 0 aliphatic carbocycles. The zero-order valence-corrected chi connectivity index (χ0v) is 9.05. The minimum Gasteiger partial charge on any atom is -0.350 e. The van der Waals surface area contributed by atoms with Gasteiger partial charge in [-0.05, 0) is 17.7 Å². The summed E-state index contributed by atoms with van der Waals surface area (Å²) in [5, 5.41) is 2.07. The number of halogens is 3. The van der Waals surface area contributed by atoms with E-state index in [1.165, 1.54) is 24.3 Å². The Morgan fingerprint density at radius 1 is 1.29 bits per heavy atom. The Bertz CT molecular complexity index is 379. The van der Waals surface area contributed by atoms with Gasteiger partial charge in [0.25, 0.3) is 5.92 Å². The average Bonchev–Trinajstić information content (AvgIpc) is 2.30. The van der Waals surface area contributed by atoms with Gasteiger partial charge < -0.3 is 11.1 Å². The highest BCUT2D eigenvalue weighted by Gasteiger charge is 2.26. The summed E-state index contributed by atoms with van der Waals surface area (Å²) in [6.07, 6.45) is -0.0685. The molecule has 0 aliphatic heterocycles. The summed E-state index contributed by atoms with van der Waals surface area (Å²) in [6, 6.07) is 5.26. The lowest BCUT2D eigenvalue weighted by molar-refractivity contribution is -0.122. The number of nitrogens with two attached hydrogens (primary N) is 1. The summed E-state index contributed by atoms with van der Waals surface area (Å²) in [5.74, 6) is -4.06. The van der Waals surface area contributed by atoms with Crippen molar-refractivity contribution in [3.05, 3.63) is 35.6 Å². The van der Waals surface area contributed by atoms with E-state index < -0.39 is 30.7 Å². The number of amides is 1. The van der Waals surface area contributed by atoms with Gasteiger partial charge in [-0.3, -0.25) is 4.79 Å². The second-order valence-electron chi connectivity index (χ2n) is 3.64. The Kier molecular flexibility index (Phi) is 4.51. The van der Waals surface area contributed by atoms with Crippen LogP contribution in [0.5, 0.6) is 0 Å². The molecule has 0 atom stereocenters. The monoisotopic (exact) mass is 246 g/mol. The molecule has 0 radical (unpaired) electrons. The van der Waals surface area contributed by atoms with Crippen molar-refractivity contribution in [3.8, 4) is 0 Å². The van der Waals surface area contributed by atoms with Crippen LogP contribution in [0.2, 0.25) is 0 Å². The van der Waals surface area contributed by atoms with Gasteiger partial charge in [0.15, 0.2) is 0 Å². The highest BCUT2D eigenvalue weighted by atomic mass is 19.3. The topological polar surface area (TPSA) is 55.1 Å². The van der Waals surface area contributed by atoms with Gasteiger partial charge in [0, 0.05) is 0 Å². The maximum atomic E-state index is 12.7. The smallest absolute Gasteiger partial charge is 0.277 e. The molecule has 0 unspecified atom stereocenters.